The number of fused-ring (bicyclic) bond motifs is 1. The molecule has 2 aliphatic heterocycles. The second kappa shape index (κ2) is 5.10. The van der Waals surface area contributed by atoms with E-state index in [0.29, 0.717) is 5.41 Å². The Kier molecular flexibility index (Phi) is 3.65. The van der Waals surface area contributed by atoms with E-state index in [4.69, 9.17) is 4.74 Å². The van der Waals surface area contributed by atoms with E-state index in [0.717, 1.165) is 18.7 Å². The molecule has 0 spiro atoms. The van der Waals surface area contributed by atoms with Gasteiger partial charge in [-0.05, 0) is 51.0 Å². The Bertz CT molecular complexity index is 290. The van der Waals surface area contributed by atoms with Crippen molar-refractivity contribution in [3.63, 3.8) is 0 Å². The molecule has 2 heterocycles. The van der Waals surface area contributed by atoms with E-state index in [1.54, 1.807) is 0 Å². The molecule has 3 heteroatoms. The fourth-order valence-corrected chi connectivity index (χ4v) is 3.88. The average Bonchev–Trinajstić information content (AvgIpc) is 2.97. The highest BCUT2D eigenvalue weighted by atomic mass is 16.5. The molecule has 104 valence electrons. The fourth-order valence-electron chi connectivity index (χ4n) is 3.88. The molecule has 0 radical (unpaired) electrons. The SMILES string of the molecule is COCCC1(CN2CC3CCCN3CC2C)CC1. The van der Waals surface area contributed by atoms with Crippen molar-refractivity contribution in [1.82, 2.24) is 9.80 Å². The van der Waals surface area contributed by atoms with Crippen molar-refractivity contribution in [3.05, 3.63) is 0 Å². The van der Waals surface area contributed by atoms with Crippen molar-refractivity contribution in [2.75, 3.05) is 39.9 Å². The Morgan fingerprint density at radius 2 is 2.11 bits per heavy atom. The van der Waals surface area contributed by atoms with E-state index in [1.807, 2.05) is 7.11 Å². The molecule has 18 heavy (non-hydrogen) atoms. The van der Waals surface area contributed by atoms with Crippen LogP contribution in [0.15, 0.2) is 0 Å². The molecule has 0 bridgehead atoms. The molecule has 3 nitrogen and oxygen atoms in total. The predicted molar refractivity (Wildman–Crippen MR) is 73.8 cm³/mol. The van der Waals surface area contributed by atoms with E-state index in [1.165, 1.54) is 58.3 Å². The molecule has 2 atom stereocenters. The van der Waals surface area contributed by atoms with Crippen molar-refractivity contribution < 1.29 is 4.74 Å². The van der Waals surface area contributed by atoms with Gasteiger partial charge in [0.05, 0.1) is 0 Å². The minimum atomic E-state index is 0.616. The third-order valence-electron chi connectivity index (χ3n) is 5.40. The zero-order chi connectivity index (χ0) is 12.6. The van der Waals surface area contributed by atoms with Gasteiger partial charge in [-0.2, -0.15) is 0 Å². The van der Waals surface area contributed by atoms with Crippen molar-refractivity contribution in [2.24, 2.45) is 5.41 Å². The Balaban J connectivity index is 1.55. The summed E-state index contributed by atoms with van der Waals surface area (Å²) in [5.74, 6) is 0. The van der Waals surface area contributed by atoms with Crippen LogP contribution in [0.4, 0.5) is 0 Å². The molecular formula is C15H28N2O. The number of piperazine rings is 1. The summed E-state index contributed by atoms with van der Waals surface area (Å²) in [4.78, 5) is 5.49. The lowest BCUT2D eigenvalue weighted by Gasteiger charge is -2.43. The van der Waals surface area contributed by atoms with Gasteiger partial charge in [-0.1, -0.05) is 0 Å². The summed E-state index contributed by atoms with van der Waals surface area (Å²) >= 11 is 0. The molecule has 2 saturated heterocycles. The molecule has 1 aliphatic carbocycles. The number of nitrogens with zero attached hydrogens (tertiary/aromatic N) is 2. The molecule has 1 saturated carbocycles. The summed E-state index contributed by atoms with van der Waals surface area (Å²) in [6, 6.07) is 1.61. The van der Waals surface area contributed by atoms with Gasteiger partial charge in [-0.25, -0.2) is 0 Å². The van der Waals surface area contributed by atoms with Crippen LogP contribution in [0, 0.1) is 5.41 Å². The zero-order valence-corrected chi connectivity index (χ0v) is 12.0. The number of hydrogen-bond acceptors (Lipinski definition) is 3. The Labute approximate surface area is 111 Å². The van der Waals surface area contributed by atoms with Gasteiger partial charge in [0, 0.05) is 45.4 Å². The largest absolute Gasteiger partial charge is 0.385 e. The van der Waals surface area contributed by atoms with E-state index in [-0.39, 0.29) is 0 Å². The normalized spacial score (nSPS) is 35.7. The molecule has 0 amide bonds. The zero-order valence-electron chi connectivity index (χ0n) is 12.0. The first-order valence-corrected chi connectivity index (χ1v) is 7.69. The summed E-state index contributed by atoms with van der Waals surface area (Å²) in [5.41, 5.74) is 0.616. The molecule has 0 N–H and O–H groups in total. The van der Waals surface area contributed by atoms with Crippen molar-refractivity contribution in [2.45, 2.75) is 51.1 Å². The van der Waals surface area contributed by atoms with Gasteiger partial charge in [-0.15, -0.1) is 0 Å². The van der Waals surface area contributed by atoms with Crippen LogP contribution < -0.4 is 0 Å². The quantitative estimate of drug-likeness (QED) is 0.744. The number of hydrogen-bond donors (Lipinski definition) is 0. The van der Waals surface area contributed by atoms with E-state index in [9.17, 15) is 0 Å². The highest BCUT2D eigenvalue weighted by molar-refractivity contribution is 4.99. The maximum atomic E-state index is 5.28. The molecule has 0 aromatic rings. The molecule has 0 aromatic carbocycles. The van der Waals surface area contributed by atoms with Gasteiger partial charge < -0.3 is 4.74 Å². The lowest BCUT2D eigenvalue weighted by molar-refractivity contribution is 0.0390. The lowest BCUT2D eigenvalue weighted by Crippen LogP contribution is -2.56. The third kappa shape index (κ3) is 2.59. The summed E-state index contributed by atoms with van der Waals surface area (Å²) in [5, 5.41) is 0. The molecule has 0 aromatic heterocycles. The summed E-state index contributed by atoms with van der Waals surface area (Å²) in [6.07, 6.45) is 6.96. The maximum absolute atomic E-state index is 5.28. The summed E-state index contributed by atoms with van der Waals surface area (Å²) in [6.45, 7) is 8.64. The van der Waals surface area contributed by atoms with Gasteiger partial charge in [0.1, 0.15) is 0 Å². The second-order valence-electron chi connectivity index (χ2n) is 6.81. The van der Waals surface area contributed by atoms with Crippen molar-refractivity contribution >= 4 is 0 Å². The highest BCUT2D eigenvalue weighted by Gasteiger charge is 2.45. The molecule has 3 rings (SSSR count). The summed E-state index contributed by atoms with van der Waals surface area (Å²) in [7, 11) is 1.83. The van der Waals surface area contributed by atoms with Gasteiger partial charge in [0.15, 0.2) is 0 Å². The smallest absolute Gasteiger partial charge is 0.0468 e. The average molecular weight is 252 g/mol. The first kappa shape index (κ1) is 12.9. The fraction of sp³-hybridized carbons (Fsp3) is 1.00. The maximum Gasteiger partial charge on any atom is 0.0468 e. The van der Waals surface area contributed by atoms with E-state index < -0.39 is 0 Å². The Hall–Kier alpha value is -0.120. The Morgan fingerprint density at radius 1 is 1.28 bits per heavy atom. The minimum absolute atomic E-state index is 0.616. The second-order valence-corrected chi connectivity index (χ2v) is 6.81. The molecular weight excluding hydrogens is 224 g/mol. The predicted octanol–water partition coefficient (Wildman–Crippen LogP) is 1.97. The van der Waals surface area contributed by atoms with Crippen LogP contribution in [0.5, 0.6) is 0 Å². The number of rotatable bonds is 5. The summed E-state index contributed by atoms with van der Waals surface area (Å²) < 4.78 is 5.28. The van der Waals surface area contributed by atoms with E-state index >= 15 is 0 Å². The van der Waals surface area contributed by atoms with Crippen LogP contribution in [-0.4, -0.2) is 61.8 Å². The van der Waals surface area contributed by atoms with Crippen LogP contribution in [0.2, 0.25) is 0 Å². The molecule has 3 fully saturated rings. The monoisotopic (exact) mass is 252 g/mol. The number of ether oxygens (including phenoxy) is 1. The minimum Gasteiger partial charge on any atom is -0.385 e. The van der Waals surface area contributed by atoms with Gasteiger partial charge in [0.2, 0.25) is 0 Å². The third-order valence-corrected chi connectivity index (χ3v) is 5.40. The molecule has 2 unspecified atom stereocenters. The topological polar surface area (TPSA) is 15.7 Å². The lowest BCUT2D eigenvalue weighted by atomic mass is 9.99. The van der Waals surface area contributed by atoms with Gasteiger partial charge >= 0.3 is 0 Å². The first-order valence-electron chi connectivity index (χ1n) is 7.69. The highest BCUT2D eigenvalue weighted by Crippen LogP contribution is 2.50. The molecule has 3 aliphatic rings. The first-order chi connectivity index (χ1) is 8.72. The van der Waals surface area contributed by atoms with Crippen molar-refractivity contribution in [1.29, 1.82) is 0 Å². The van der Waals surface area contributed by atoms with Crippen molar-refractivity contribution in [3.8, 4) is 0 Å². The van der Waals surface area contributed by atoms with Crippen LogP contribution >= 0.6 is 0 Å². The van der Waals surface area contributed by atoms with Gasteiger partial charge in [0.25, 0.3) is 0 Å². The standard InChI is InChI=1S/C15H28N2O/c1-13-10-16-8-3-4-14(16)11-17(13)12-15(5-6-15)7-9-18-2/h13-14H,3-12H2,1-2H3. The van der Waals surface area contributed by atoms with Crippen LogP contribution in [0.3, 0.4) is 0 Å². The van der Waals surface area contributed by atoms with Crippen LogP contribution in [-0.2, 0) is 4.74 Å². The van der Waals surface area contributed by atoms with Crippen LogP contribution in [0.25, 0.3) is 0 Å². The Morgan fingerprint density at radius 3 is 2.83 bits per heavy atom. The van der Waals surface area contributed by atoms with Crippen LogP contribution in [0.1, 0.15) is 39.0 Å². The number of methoxy groups -OCH3 is 1. The van der Waals surface area contributed by atoms with Gasteiger partial charge in [-0.3, -0.25) is 9.80 Å². The van der Waals surface area contributed by atoms with E-state index in [2.05, 4.69) is 16.7 Å².